The van der Waals surface area contributed by atoms with Gasteiger partial charge in [-0.05, 0) is 54.7 Å². The molecule has 0 amide bonds. The number of carbonyl (C=O) groups excluding carboxylic acids is 1. The summed E-state index contributed by atoms with van der Waals surface area (Å²) in [6.07, 6.45) is 3.18. The zero-order chi connectivity index (χ0) is 20.4. The normalized spacial score (nSPS) is 13.4. The van der Waals surface area contributed by atoms with Crippen molar-refractivity contribution in [2.45, 2.75) is 25.2 Å². The van der Waals surface area contributed by atoms with Gasteiger partial charge < -0.3 is 9.47 Å². The van der Waals surface area contributed by atoms with Crippen molar-refractivity contribution >= 4 is 17.1 Å². The number of nitriles is 1. The minimum atomic E-state index is -0.909. The standard InChI is InChI=1S/C23H20N2O3S/c1-27-20-9-8-16(11-21(20)28-2)19-13-29-23(25-19)18(12-24)22(26)17-7-6-14-4-3-5-15(14)10-17/h6-11,13,18H,3-5H2,1-2H3. The van der Waals surface area contributed by atoms with Crippen molar-refractivity contribution in [2.24, 2.45) is 0 Å². The lowest BCUT2D eigenvalue weighted by atomic mass is 9.96. The molecule has 1 aliphatic rings. The van der Waals surface area contributed by atoms with Crippen LogP contribution in [-0.4, -0.2) is 25.0 Å². The molecule has 1 aliphatic carbocycles. The third-order valence-electron chi connectivity index (χ3n) is 5.22. The first-order chi connectivity index (χ1) is 14.1. The summed E-state index contributed by atoms with van der Waals surface area (Å²) in [6, 6.07) is 13.5. The van der Waals surface area contributed by atoms with Crippen LogP contribution in [0.1, 0.15) is 38.8 Å². The topological polar surface area (TPSA) is 72.2 Å². The van der Waals surface area contributed by atoms with E-state index in [0.29, 0.717) is 27.8 Å². The Morgan fingerprint density at radius 2 is 1.90 bits per heavy atom. The Morgan fingerprint density at radius 3 is 2.66 bits per heavy atom. The predicted molar refractivity (Wildman–Crippen MR) is 112 cm³/mol. The first-order valence-electron chi connectivity index (χ1n) is 9.38. The highest BCUT2D eigenvalue weighted by molar-refractivity contribution is 7.10. The fourth-order valence-corrected chi connectivity index (χ4v) is 4.53. The van der Waals surface area contributed by atoms with E-state index in [0.717, 1.165) is 24.8 Å². The summed E-state index contributed by atoms with van der Waals surface area (Å²) in [5.41, 5.74) is 4.65. The summed E-state index contributed by atoms with van der Waals surface area (Å²) >= 11 is 1.32. The van der Waals surface area contributed by atoms with Gasteiger partial charge in [0.2, 0.25) is 0 Å². The van der Waals surface area contributed by atoms with Crippen LogP contribution in [0.4, 0.5) is 0 Å². The summed E-state index contributed by atoms with van der Waals surface area (Å²) in [5, 5.41) is 12.1. The van der Waals surface area contributed by atoms with Crippen molar-refractivity contribution in [3.05, 3.63) is 63.5 Å². The van der Waals surface area contributed by atoms with Gasteiger partial charge in [-0.15, -0.1) is 11.3 Å². The Labute approximate surface area is 173 Å². The van der Waals surface area contributed by atoms with Gasteiger partial charge in [0.25, 0.3) is 0 Å². The Morgan fingerprint density at radius 1 is 1.10 bits per heavy atom. The van der Waals surface area contributed by atoms with Crippen LogP contribution in [0, 0.1) is 11.3 Å². The van der Waals surface area contributed by atoms with Gasteiger partial charge in [0.05, 0.1) is 26.0 Å². The molecule has 0 aliphatic heterocycles. The Kier molecular flexibility index (Phi) is 5.32. The molecule has 6 heteroatoms. The third-order valence-corrected chi connectivity index (χ3v) is 6.13. The number of ketones is 1. The van der Waals surface area contributed by atoms with E-state index in [9.17, 15) is 10.1 Å². The van der Waals surface area contributed by atoms with E-state index in [2.05, 4.69) is 11.1 Å². The van der Waals surface area contributed by atoms with Crippen molar-refractivity contribution in [2.75, 3.05) is 14.2 Å². The number of nitrogens with zero attached hydrogens (tertiary/aromatic N) is 2. The first kappa shape index (κ1) is 19.2. The number of thiazole rings is 1. The number of benzene rings is 2. The second-order valence-electron chi connectivity index (χ2n) is 6.90. The van der Waals surface area contributed by atoms with Gasteiger partial charge in [0.15, 0.2) is 23.2 Å². The molecule has 1 heterocycles. The van der Waals surface area contributed by atoms with Gasteiger partial charge in [-0.1, -0.05) is 12.1 Å². The van der Waals surface area contributed by atoms with E-state index in [-0.39, 0.29) is 5.78 Å². The van der Waals surface area contributed by atoms with Gasteiger partial charge in [-0.25, -0.2) is 4.98 Å². The van der Waals surface area contributed by atoms with Crippen LogP contribution in [0.15, 0.2) is 41.8 Å². The number of ether oxygens (including phenoxy) is 2. The number of fused-ring (bicyclic) bond motifs is 1. The number of aromatic nitrogens is 1. The second-order valence-corrected chi connectivity index (χ2v) is 7.79. The maximum absolute atomic E-state index is 13.0. The molecular formula is C23H20N2O3S. The molecule has 3 aromatic rings. The van der Waals surface area contributed by atoms with Gasteiger partial charge in [0.1, 0.15) is 5.01 Å². The smallest absolute Gasteiger partial charge is 0.186 e. The summed E-state index contributed by atoms with van der Waals surface area (Å²) in [4.78, 5) is 17.6. The molecule has 4 rings (SSSR count). The number of hydrogen-bond donors (Lipinski definition) is 0. The van der Waals surface area contributed by atoms with Crippen molar-refractivity contribution in [1.82, 2.24) is 4.98 Å². The van der Waals surface area contributed by atoms with Crippen LogP contribution < -0.4 is 9.47 Å². The molecule has 2 aromatic carbocycles. The van der Waals surface area contributed by atoms with Crippen molar-refractivity contribution in [3.63, 3.8) is 0 Å². The fraction of sp³-hybridized carbons (Fsp3) is 0.261. The summed E-state index contributed by atoms with van der Waals surface area (Å²) in [7, 11) is 3.16. The highest BCUT2D eigenvalue weighted by Crippen LogP contribution is 2.34. The van der Waals surface area contributed by atoms with Gasteiger partial charge in [0, 0.05) is 16.5 Å². The molecule has 1 atom stereocenters. The van der Waals surface area contributed by atoms with Crippen LogP contribution in [-0.2, 0) is 12.8 Å². The Balaban J connectivity index is 1.62. The SMILES string of the molecule is COc1ccc(-c2csc(C(C#N)C(=O)c3ccc4c(c3)CCC4)n2)cc1OC. The molecule has 0 bridgehead atoms. The average Bonchev–Trinajstić information content (AvgIpc) is 3.43. The van der Waals surface area contributed by atoms with Crippen LogP contribution in [0.2, 0.25) is 0 Å². The lowest BCUT2D eigenvalue weighted by molar-refractivity contribution is 0.0978. The average molecular weight is 404 g/mol. The molecule has 0 saturated heterocycles. The number of hydrogen-bond acceptors (Lipinski definition) is 6. The number of Topliss-reactive ketones (excluding diaryl/α,β-unsaturated/α-hetero) is 1. The highest BCUT2D eigenvalue weighted by atomic mass is 32.1. The monoisotopic (exact) mass is 404 g/mol. The quantitative estimate of drug-likeness (QED) is 0.552. The van der Waals surface area contributed by atoms with Gasteiger partial charge in [-0.2, -0.15) is 5.26 Å². The van der Waals surface area contributed by atoms with E-state index >= 15 is 0 Å². The molecule has 0 saturated carbocycles. The van der Waals surface area contributed by atoms with Crippen LogP contribution in [0.3, 0.4) is 0 Å². The van der Waals surface area contributed by atoms with Crippen molar-refractivity contribution in [3.8, 4) is 28.8 Å². The molecule has 0 radical (unpaired) electrons. The lowest BCUT2D eigenvalue weighted by Crippen LogP contribution is -2.11. The molecule has 1 aromatic heterocycles. The van der Waals surface area contributed by atoms with E-state index in [4.69, 9.17) is 9.47 Å². The zero-order valence-electron chi connectivity index (χ0n) is 16.3. The molecule has 29 heavy (non-hydrogen) atoms. The van der Waals surface area contributed by atoms with Crippen LogP contribution in [0.25, 0.3) is 11.3 Å². The van der Waals surface area contributed by atoms with E-state index in [1.807, 2.05) is 41.8 Å². The number of rotatable bonds is 6. The predicted octanol–water partition coefficient (Wildman–Crippen LogP) is 4.81. The molecular weight excluding hydrogens is 384 g/mol. The summed E-state index contributed by atoms with van der Waals surface area (Å²) in [6.45, 7) is 0. The maximum atomic E-state index is 13.0. The molecule has 0 fully saturated rings. The number of methoxy groups -OCH3 is 2. The zero-order valence-corrected chi connectivity index (χ0v) is 17.1. The minimum absolute atomic E-state index is 0.199. The van der Waals surface area contributed by atoms with Gasteiger partial charge >= 0.3 is 0 Å². The third kappa shape index (κ3) is 3.62. The molecule has 146 valence electrons. The molecule has 1 unspecified atom stereocenters. The molecule has 5 nitrogen and oxygen atoms in total. The molecule has 0 spiro atoms. The minimum Gasteiger partial charge on any atom is -0.493 e. The molecule has 0 N–H and O–H groups in total. The largest absolute Gasteiger partial charge is 0.493 e. The van der Waals surface area contributed by atoms with Crippen molar-refractivity contribution < 1.29 is 14.3 Å². The Bertz CT molecular complexity index is 1110. The van der Waals surface area contributed by atoms with E-state index in [1.54, 1.807) is 14.2 Å². The van der Waals surface area contributed by atoms with Crippen molar-refractivity contribution in [1.29, 1.82) is 5.26 Å². The van der Waals surface area contributed by atoms with Crippen LogP contribution >= 0.6 is 11.3 Å². The first-order valence-corrected chi connectivity index (χ1v) is 10.3. The summed E-state index contributed by atoms with van der Waals surface area (Å²) in [5.74, 6) is 0.128. The second kappa shape index (κ2) is 8.06. The highest BCUT2D eigenvalue weighted by Gasteiger charge is 2.26. The van der Waals surface area contributed by atoms with E-state index in [1.165, 1.54) is 22.5 Å². The van der Waals surface area contributed by atoms with Gasteiger partial charge in [-0.3, -0.25) is 4.79 Å². The number of aryl methyl sites for hydroxylation is 2. The maximum Gasteiger partial charge on any atom is 0.186 e. The van der Waals surface area contributed by atoms with Crippen LogP contribution in [0.5, 0.6) is 11.5 Å². The lowest BCUT2D eigenvalue weighted by Gasteiger charge is -2.09. The van der Waals surface area contributed by atoms with E-state index < -0.39 is 5.92 Å². The summed E-state index contributed by atoms with van der Waals surface area (Å²) < 4.78 is 10.6. The number of carbonyl (C=O) groups is 1. The fourth-order valence-electron chi connectivity index (χ4n) is 3.67. The Hall–Kier alpha value is -3.17.